The summed E-state index contributed by atoms with van der Waals surface area (Å²) in [7, 11) is 0. The summed E-state index contributed by atoms with van der Waals surface area (Å²) in [6, 6.07) is 128. The van der Waals surface area contributed by atoms with Crippen LogP contribution in [-0.2, 0) is 21.7 Å². The molecule has 103 heavy (non-hydrogen) atoms. The molecule has 0 radical (unpaired) electrons. The molecular weight excluding hydrogens is 1250 g/mol. The van der Waals surface area contributed by atoms with Crippen molar-refractivity contribution in [2.45, 2.75) is 63.2 Å². The van der Waals surface area contributed by atoms with Gasteiger partial charge >= 0.3 is 0 Å². The van der Waals surface area contributed by atoms with E-state index in [1.165, 1.54) is 111 Å². The number of benzene rings is 15. The first kappa shape index (κ1) is 60.6. The maximum absolute atomic E-state index is 6.97. The largest absolute Gasteiger partial charge is 0.456 e. The van der Waals surface area contributed by atoms with Gasteiger partial charge in [0, 0.05) is 49.9 Å². The zero-order chi connectivity index (χ0) is 69.1. The van der Waals surface area contributed by atoms with Crippen LogP contribution in [0.15, 0.2) is 344 Å². The van der Waals surface area contributed by atoms with Crippen LogP contribution >= 0.6 is 0 Å². The number of anilines is 6. The van der Waals surface area contributed by atoms with Crippen LogP contribution < -0.4 is 9.80 Å². The summed E-state index contributed by atoms with van der Waals surface area (Å²) in [5, 5.41) is 2.21. The summed E-state index contributed by atoms with van der Waals surface area (Å²) in [5.41, 5.74) is 37.2. The van der Waals surface area contributed by atoms with Crippen molar-refractivity contribution in [1.82, 2.24) is 0 Å². The predicted molar refractivity (Wildman–Crippen MR) is 429 cm³/mol. The number of hydrogen-bond acceptors (Lipinski definition) is 3. The Hall–Kier alpha value is -12.3. The summed E-state index contributed by atoms with van der Waals surface area (Å²) in [6.45, 7) is 14.2. The van der Waals surface area contributed by atoms with E-state index in [9.17, 15) is 0 Å². The van der Waals surface area contributed by atoms with Crippen molar-refractivity contribution in [3.63, 3.8) is 0 Å². The summed E-state index contributed by atoms with van der Waals surface area (Å²) >= 11 is 0. The van der Waals surface area contributed by atoms with Gasteiger partial charge in [0.25, 0.3) is 0 Å². The normalized spacial score (nSPS) is 15.6. The first-order chi connectivity index (χ1) is 50.3. The highest BCUT2D eigenvalue weighted by Crippen LogP contribution is 2.60. The second-order valence-electron chi connectivity index (χ2n) is 30.3. The topological polar surface area (TPSA) is 19.6 Å². The average molecular weight is 1320 g/mol. The second-order valence-corrected chi connectivity index (χ2v) is 30.3. The van der Waals surface area contributed by atoms with Crippen molar-refractivity contribution >= 4 is 56.1 Å². The minimum Gasteiger partial charge on any atom is -0.456 e. The molecule has 20 rings (SSSR count). The number of furan rings is 1. The van der Waals surface area contributed by atoms with E-state index in [1.54, 1.807) is 0 Å². The SMILES string of the molecule is CC1(C)c2ccccc2-c2ccc(N(c3ccc4c(c3)C(c3ccccc3)(c3cccc(-c5ccc(-c6cccc(N(c7ccc8c(c7)C(C)(C)c7ccccc7-8)c7cccc8oc9cc%10c(cc9c78)-c7ccccc7C%10(C)C)c6)cc5)c3)c3ccccc3-4)c3ccccc3-c3ccccc3)cc21. The molecule has 0 saturated carbocycles. The average Bonchev–Trinajstić information content (AvgIpc) is 1.55. The molecule has 0 saturated heterocycles. The molecule has 4 aliphatic carbocycles. The van der Waals surface area contributed by atoms with Crippen LogP contribution in [-0.4, -0.2) is 0 Å². The van der Waals surface area contributed by atoms with Gasteiger partial charge in [0.2, 0.25) is 0 Å². The quantitative estimate of drug-likeness (QED) is 0.129. The summed E-state index contributed by atoms with van der Waals surface area (Å²) in [5.74, 6) is 0. The first-order valence-electron chi connectivity index (χ1n) is 36.3. The number of fused-ring (bicyclic) bond motifs is 15. The molecular formula is C100H74N2O. The summed E-state index contributed by atoms with van der Waals surface area (Å²) in [6.07, 6.45) is 0. The Morgan fingerprint density at radius 3 is 1.21 bits per heavy atom. The maximum Gasteiger partial charge on any atom is 0.137 e. The van der Waals surface area contributed by atoms with Gasteiger partial charge in [-0.15, -0.1) is 0 Å². The second kappa shape index (κ2) is 22.6. The highest BCUT2D eigenvalue weighted by atomic mass is 16.3. The molecule has 3 nitrogen and oxygen atoms in total. The van der Waals surface area contributed by atoms with Crippen LogP contribution in [0.25, 0.3) is 99.8 Å². The minimum absolute atomic E-state index is 0.157. The van der Waals surface area contributed by atoms with Gasteiger partial charge in [-0.2, -0.15) is 0 Å². The third-order valence-electron chi connectivity index (χ3n) is 23.7. The molecule has 0 N–H and O–H groups in total. The summed E-state index contributed by atoms with van der Waals surface area (Å²) < 4.78 is 6.97. The summed E-state index contributed by atoms with van der Waals surface area (Å²) in [4.78, 5) is 4.99. The van der Waals surface area contributed by atoms with E-state index in [4.69, 9.17) is 4.42 Å². The fourth-order valence-corrected chi connectivity index (χ4v) is 18.7. The van der Waals surface area contributed by atoms with Crippen LogP contribution in [0.5, 0.6) is 0 Å². The van der Waals surface area contributed by atoms with Gasteiger partial charge in [0.05, 0.1) is 22.2 Å². The molecule has 1 unspecified atom stereocenters. The Balaban J connectivity index is 0.711. The van der Waals surface area contributed by atoms with Crippen LogP contribution in [0.1, 0.15) is 97.2 Å². The first-order valence-corrected chi connectivity index (χ1v) is 36.3. The molecule has 1 heterocycles. The number of hydrogen-bond donors (Lipinski definition) is 0. The lowest BCUT2D eigenvalue weighted by Crippen LogP contribution is -2.29. The Morgan fingerprint density at radius 2 is 0.621 bits per heavy atom. The van der Waals surface area contributed by atoms with E-state index in [0.717, 1.165) is 78.3 Å². The Kier molecular flexibility index (Phi) is 13.3. The van der Waals surface area contributed by atoms with Crippen LogP contribution in [0.3, 0.4) is 0 Å². The van der Waals surface area contributed by atoms with Gasteiger partial charge < -0.3 is 14.2 Å². The Morgan fingerprint density at radius 1 is 0.223 bits per heavy atom. The van der Waals surface area contributed by atoms with Crippen molar-refractivity contribution in [3.05, 3.63) is 395 Å². The molecule has 0 bridgehead atoms. The van der Waals surface area contributed by atoms with Gasteiger partial charge in [-0.25, -0.2) is 0 Å². The number of rotatable bonds is 11. The molecule has 0 spiro atoms. The molecule has 1 atom stereocenters. The molecule has 4 aliphatic rings. The van der Waals surface area contributed by atoms with Crippen molar-refractivity contribution in [1.29, 1.82) is 0 Å². The highest BCUT2D eigenvalue weighted by Gasteiger charge is 2.47. The third kappa shape index (κ3) is 8.95. The minimum atomic E-state index is -0.689. The molecule has 0 fully saturated rings. The molecule has 0 aliphatic heterocycles. The zero-order valence-electron chi connectivity index (χ0n) is 58.6. The van der Waals surface area contributed by atoms with Crippen molar-refractivity contribution in [2.75, 3.05) is 9.80 Å². The van der Waals surface area contributed by atoms with E-state index < -0.39 is 5.41 Å². The van der Waals surface area contributed by atoms with E-state index in [2.05, 4.69) is 391 Å². The third-order valence-corrected chi connectivity index (χ3v) is 23.7. The van der Waals surface area contributed by atoms with Crippen LogP contribution in [0, 0.1) is 0 Å². The van der Waals surface area contributed by atoms with E-state index >= 15 is 0 Å². The monoisotopic (exact) mass is 1320 g/mol. The maximum atomic E-state index is 6.97. The number of para-hydroxylation sites is 1. The molecule has 1 aromatic heterocycles. The van der Waals surface area contributed by atoms with Crippen molar-refractivity contribution in [2.24, 2.45) is 0 Å². The van der Waals surface area contributed by atoms with Gasteiger partial charge in [0.1, 0.15) is 11.2 Å². The fourth-order valence-electron chi connectivity index (χ4n) is 18.7. The van der Waals surface area contributed by atoms with E-state index in [0.29, 0.717) is 0 Å². The standard InChI is InChI=1S/C100H74N2O/c1-97(2)84-39-18-13-35-75(84)79-53-50-71(58-88(79)97)101(92-43-22-17-34-74(92)65-26-9-7-10-27-65)73-52-55-81-77-37-16-21-42-87(77)100(91(81)60-73,68-30-11-8-12-31-68)69-32-23-28-66(56-69)63-46-48-64(49-47-63)67-29-24-33-70(57-67)102(72-51-54-80-76-36-14-19-40-85(76)98(3,4)89(80)59-72)93-44-25-45-94-96(93)83-61-82-78-38-15-20-41-86(78)99(5,6)90(82)62-95(83)103-94/h7-62H,1-6H3. The molecule has 490 valence electrons. The predicted octanol–water partition coefficient (Wildman–Crippen LogP) is 26.8. The lowest BCUT2D eigenvalue weighted by atomic mass is 9.67. The molecule has 15 aromatic carbocycles. The Bertz CT molecular complexity index is 6170. The smallest absolute Gasteiger partial charge is 0.137 e. The van der Waals surface area contributed by atoms with Crippen molar-refractivity contribution < 1.29 is 4.42 Å². The highest BCUT2D eigenvalue weighted by molar-refractivity contribution is 6.15. The van der Waals surface area contributed by atoms with E-state index in [-0.39, 0.29) is 16.2 Å². The van der Waals surface area contributed by atoms with Crippen LogP contribution in [0.4, 0.5) is 34.1 Å². The molecule has 0 amide bonds. The van der Waals surface area contributed by atoms with E-state index in [1.807, 2.05) is 0 Å². The van der Waals surface area contributed by atoms with Gasteiger partial charge in [-0.05, 0) is 213 Å². The zero-order valence-corrected chi connectivity index (χ0v) is 58.6. The lowest BCUT2D eigenvalue weighted by Gasteiger charge is -2.35. The van der Waals surface area contributed by atoms with Crippen molar-refractivity contribution in [3.8, 4) is 77.9 Å². The number of nitrogens with zero attached hydrogens (tertiary/aromatic N) is 2. The fraction of sp³-hybridized carbons (Fsp3) is 0.100. The molecule has 16 aromatic rings. The Labute approximate surface area is 602 Å². The lowest BCUT2D eigenvalue weighted by molar-refractivity contribution is 0.647. The van der Waals surface area contributed by atoms with Gasteiger partial charge in [-0.1, -0.05) is 296 Å². The van der Waals surface area contributed by atoms with Gasteiger partial charge in [0.15, 0.2) is 0 Å². The van der Waals surface area contributed by atoms with Crippen LogP contribution in [0.2, 0.25) is 0 Å². The van der Waals surface area contributed by atoms with Gasteiger partial charge in [-0.3, -0.25) is 0 Å². The molecule has 3 heteroatoms.